The van der Waals surface area contributed by atoms with Gasteiger partial charge in [-0.3, -0.25) is 4.79 Å². The van der Waals surface area contributed by atoms with Crippen molar-refractivity contribution in [2.75, 3.05) is 7.11 Å². The molecular formula is C16H20N2O2S2. The highest BCUT2D eigenvalue weighted by atomic mass is 32.2. The molecule has 0 saturated heterocycles. The summed E-state index contributed by atoms with van der Waals surface area (Å²) in [6, 6.07) is 9.47. The number of aromatic nitrogens is 2. The van der Waals surface area contributed by atoms with Gasteiger partial charge in [0.25, 0.3) is 5.56 Å². The van der Waals surface area contributed by atoms with Gasteiger partial charge in [0.1, 0.15) is 5.75 Å². The Balaban J connectivity index is 2.04. The minimum atomic E-state index is -0.0949. The average Bonchev–Trinajstić information content (AvgIpc) is 2.51. The fourth-order valence-electron chi connectivity index (χ4n) is 1.79. The van der Waals surface area contributed by atoms with Gasteiger partial charge in [0.05, 0.1) is 12.8 Å². The van der Waals surface area contributed by atoms with Gasteiger partial charge < -0.3 is 9.72 Å². The third kappa shape index (κ3) is 5.42. The maximum absolute atomic E-state index is 11.7. The van der Waals surface area contributed by atoms with Crippen LogP contribution in [0.5, 0.6) is 5.75 Å². The predicted octanol–water partition coefficient (Wildman–Crippen LogP) is 3.71. The van der Waals surface area contributed by atoms with E-state index in [2.05, 4.69) is 23.8 Å². The number of thioether (sulfide) groups is 2. The Morgan fingerprint density at radius 1 is 1.27 bits per heavy atom. The Kier molecular flexibility index (Phi) is 6.39. The summed E-state index contributed by atoms with van der Waals surface area (Å²) >= 11 is 3.30. The van der Waals surface area contributed by atoms with E-state index in [1.807, 2.05) is 24.3 Å². The quantitative estimate of drug-likeness (QED) is 0.617. The second-order valence-electron chi connectivity index (χ2n) is 5.04. The molecule has 1 aromatic carbocycles. The van der Waals surface area contributed by atoms with E-state index in [9.17, 15) is 4.79 Å². The number of rotatable bonds is 7. The number of nitrogens with one attached hydrogen (secondary N) is 1. The maximum atomic E-state index is 11.7. The third-order valence-corrected chi connectivity index (χ3v) is 4.92. The first-order chi connectivity index (χ1) is 10.6. The molecule has 0 fully saturated rings. The molecule has 2 aromatic rings. The van der Waals surface area contributed by atoms with Crippen molar-refractivity contribution >= 4 is 23.5 Å². The number of hydrogen-bond acceptors (Lipinski definition) is 5. The summed E-state index contributed by atoms with van der Waals surface area (Å²) in [5, 5.41) is 1.18. The zero-order chi connectivity index (χ0) is 15.9. The normalized spacial score (nSPS) is 10.9. The van der Waals surface area contributed by atoms with Gasteiger partial charge in [-0.1, -0.05) is 37.7 Å². The maximum Gasteiger partial charge on any atom is 0.251 e. The molecular weight excluding hydrogens is 316 g/mol. The summed E-state index contributed by atoms with van der Waals surface area (Å²) in [6.45, 7) is 4.27. The highest BCUT2D eigenvalue weighted by Gasteiger charge is 2.05. The Bertz CT molecular complexity index is 671. The monoisotopic (exact) mass is 336 g/mol. The van der Waals surface area contributed by atoms with Gasteiger partial charge in [-0.05, 0) is 22.9 Å². The summed E-state index contributed by atoms with van der Waals surface area (Å²) in [5.74, 6) is 2.33. The molecule has 2 rings (SSSR count). The first-order valence-corrected chi connectivity index (χ1v) is 9.08. The number of hydrogen-bond donors (Lipinski definition) is 1. The minimum absolute atomic E-state index is 0.0949. The zero-order valence-corrected chi connectivity index (χ0v) is 14.6. The number of methoxy groups -OCH3 is 1. The van der Waals surface area contributed by atoms with Crippen LogP contribution in [0.3, 0.4) is 0 Å². The lowest BCUT2D eigenvalue weighted by Gasteiger charge is -2.07. The molecule has 0 spiro atoms. The molecule has 0 amide bonds. The molecule has 0 aliphatic heterocycles. The zero-order valence-electron chi connectivity index (χ0n) is 13.0. The van der Waals surface area contributed by atoms with E-state index in [-0.39, 0.29) is 5.56 Å². The Morgan fingerprint density at radius 2 is 2.09 bits per heavy atom. The fourth-order valence-corrected chi connectivity index (χ4v) is 3.28. The highest BCUT2D eigenvalue weighted by molar-refractivity contribution is 7.99. The van der Waals surface area contributed by atoms with Gasteiger partial charge in [0.2, 0.25) is 0 Å². The van der Waals surface area contributed by atoms with Gasteiger partial charge in [-0.25, -0.2) is 4.98 Å². The number of ether oxygens (including phenoxy) is 1. The van der Waals surface area contributed by atoms with E-state index >= 15 is 0 Å². The van der Waals surface area contributed by atoms with Gasteiger partial charge >= 0.3 is 0 Å². The Morgan fingerprint density at radius 3 is 2.82 bits per heavy atom. The standard InChI is InChI=1S/C16H20N2O2S2/c1-11(2)21-10-13-8-15(19)18-16(17-13)22-9-12-5-4-6-14(7-12)20-3/h4-8,11H,9-10H2,1-3H3,(H,17,18,19). The van der Waals surface area contributed by atoms with Crippen LogP contribution in [0, 0.1) is 0 Å². The fraction of sp³-hybridized carbons (Fsp3) is 0.375. The Labute approximate surface area is 139 Å². The molecule has 0 unspecified atom stereocenters. The molecule has 0 saturated carbocycles. The van der Waals surface area contributed by atoms with Crippen LogP contribution in [0.25, 0.3) is 0 Å². The largest absolute Gasteiger partial charge is 0.497 e. The molecule has 0 aliphatic rings. The molecule has 1 aromatic heterocycles. The number of H-pyrrole nitrogens is 1. The van der Waals surface area contributed by atoms with Gasteiger partial charge in [-0.2, -0.15) is 11.8 Å². The second-order valence-corrected chi connectivity index (χ2v) is 7.57. The van der Waals surface area contributed by atoms with Crippen LogP contribution in [0.4, 0.5) is 0 Å². The third-order valence-electron chi connectivity index (χ3n) is 2.85. The molecule has 0 radical (unpaired) electrons. The van der Waals surface area contributed by atoms with Crippen LogP contribution in [-0.2, 0) is 11.5 Å². The van der Waals surface area contributed by atoms with Gasteiger partial charge in [0.15, 0.2) is 5.16 Å². The molecule has 0 atom stereocenters. The lowest BCUT2D eigenvalue weighted by molar-refractivity contribution is 0.414. The molecule has 118 valence electrons. The van der Waals surface area contributed by atoms with Crippen molar-refractivity contribution in [1.29, 1.82) is 0 Å². The number of nitrogens with zero attached hydrogens (tertiary/aromatic N) is 1. The van der Waals surface area contributed by atoms with Crippen LogP contribution >= 0.6 is 23.5 Å². The summed E-state index contributed by atoms with van der Waals surface area (Å²) in [6.07, 6.45) is 0. The number of benzene rings is 1. The summed E-state index contributed by atoms with van der Waals surface area (Å²) in [7, 11) is 1.65. The first kappa shape index (κ1) is 17.0. The smallest absolute Gasteiger partial charge is 0.251 e. The van der Waals surface area contributed by atoms with E-state index in [4.69, 9.17) is 4.74 Å². The molecule has 0 aliphatic carbocycles. The van der Waals surface area contributed by atoms with Crippen molar-refractivity contribution in [3.8, 4) is 5.75 Å². The van der Waals surface area contributed by atoms with E-state index in [1.165, 1.54) is 11.8 Å². The van der Waals surface area contributed by atoms with Crippen molar-refractivity contribution in [1.82, 2.24) is 9.97 Å². The van der Waals surface area contributed by atoms with Crippen LogP contribution < -0.4 is 10.3 Å². The number of aromatic amines is 1. The van der Waals surface area contributed by atoms with Crippen molar-refractivity contribution in [3.05, 3.63) is 51.9 Å². The lowest BCUT2D eigenvalue weighted by Crippen LogP contribution is -2.10. The minimum Gasteiger partial charge on any atom is -0.497 e. The van der Waals surface area contributed by atoms with E-state index < -0.39 is 0 Å². The van der Waals surface area contributed by atoms with Crippen LogP contribution in [0.2, 0.25) is 0 Å². The molecule has 4 nitrogen and oxygen atoms in total. The van der Waals surface area contributed by atoms with Crippen LogP contribution in [0.15, 0.2) is 40.3 Å². The summed E-state index contributed by atoms with van der Waals surface area (Å²) in [5.41, 5.74) is 1.87. The van der Waals surface area contributed by atoms with Crippen molar-refractivity contribution in [2.24, 2.45) is 0 Å². The van der Waals surface area contributed by atoms with Crippen LogP contribution in [0.1, 0.15) is 25.1 Å². The lowest BCUT2D eigenvalue weighted by atomic mass is 10.2. The van der Waals surface area contributed by atoms with Crippen molar-refractivity contribution in [2.45, 2.75) is 35.8 Å². The van der Waals surface area contributed by atoms with Crippen molar-refractivity contribution in [3.63, 3.8) is 0 Å². The summed E-state index contributed by atoms with van der Waals surface area (Å²) < 4.78 is 5.21. The topological polar surface area (TPSA) is 55.0 Å². The summed E-state index contributed by atoms with van der Waals surface area (Å²) in [4.78, 5) is 19.0. The first-order valence-electron chi connectivity index (χ1n) is 7.04. The SMILES string of the molecule is COc1cccc(CSc2nc(CSC(C)C)cc(=O)[nH]2)c1. The average molecular weight is 336 g/mol. The van der Waals surface area contributed by atoms with Gasteiger partial charge in [0, 0.05) is 17.6 Å². The highest BCUT2D eigenvalue weighted by Crippen LogP contribution is 2.22. The molecule has 22 heavy (non-hydrogen) atoms. The van der Waals surface area contributed by atoms with E-state index in [0.717, 1.165) is 28.5 Å². The van der Waals surface area contributed by atoms with Crippen LogP contribution in [-0.4, -0.2) is 22.3 Å². The predicted molar refractivity (Wildman–Crippen MR) is 93.8 cm³/mol. The molecule has 6 heteroatoms. The molecule has 1 N–H and O–H groups in total. The molecule has 1 heterocycles. The second kappa shape index (κ2) is 8.29. The van der Waals surface area contributed by atoms with E-state index in [0.29, 0.717) is 10.4 Å². The van der Waals surface area contributed by atoms with Gasteiger partial charge in [-0.15, -0.1) is 0 Å². The Hall–Kier alpha value is -1.40. The van der Waals surface area contributed by atoms with E-state index in [1.54, 1.807) is 24.9 Å². The molecule has 0 bridgehead atoms. The van der Waals surface area contributed by atoms with Crippen molar-refractivity contribution < 1.29 is 4.74 Å².